The Morgan fingerprint density at radius 1 is 1.04 bits per heavy atom. The molecule has 1 amide bonds. The van der Waals surface area contributed by atoms with Gasteiger partial charge in [-0.3, -0.25) is 9.78 Å². The predicted molar refractivity (Wildman–Crippen MR) is 93.8 cm³/mol. The van der Waals surface area contributed by atoms with Gasteiger partial charge in [0.25, 0.3) is 5.91 Å². The lowest BCUT2D eigenvalue weighted by Crippen LogP contribution is -2.25. The van der Waals surface area contributed by atoms with Crippen LogP contribution in [0.15, 0.2) is 54.7 Å². The number of amides is 1. The SMILES string of the molecule is O=C(NC1CC1)c1ccc(CNc2cnc3ccccc3n2)cc1. The topological polar surface area (TPSA) is 66.9 Å². The van der Waals surface area contributed by atoms with Gasteiger partial charge in [-0.25, -0.2) is 4.98 Å². The van der Waals surface area contributed by atoms with Gasteiger partial charge in [-0.05, 0) is 42.7 Å². The second kappa shape index (κ2) is 6.28. The van der Waals surface area contributed by atoms with Gasteiger partial charge < -0.3 is 10.6 Å². The van der Waals surface area contributed by atoms with E-state index in [1.807, 2.05) is 48.5 Å². The normalized spacial score (nSPS) is 13.7. The van der Waals surface area contributed by atoms with Gasteiger partial charge in [0, 0.05) is 18.2 Å². The summed E-state index contributed by atoms with van der Waals surface area (Å²) in [4.78, 5) is 20.9. The molecule has 5 heteroatoms. The number of anilines is 1. The Labute approximate surface area is 140 Å². The minimum atomic E-state index is 0.0115. The number of fused-ring (bicyclic) bond motifs is 1. The molecule has 0 spiro atoms. The summed E-state index contributed by atoms with van der Waals surface area (Å²) in [7, 11) is 0. The summed E-state index contributed by atoms with van der Waals surface area (Å²) in [6.07, 6.45) is 3.93. The maximum atomic E-state index is 12.0. The lowest BCUT2D eigenvalue weighted by atomic mass is 10.1. The van der Waals surface area contributed by atoms with Gasteiger partial charge in [0.05, 0.1) is 17.2 Å². The van der Waals surface area contributed by atoms with Crippen molar-refractivity contribution in [1.82, 2.24) is 15.3 Å². The smallest absolute Gasteiger partial charge is 0.251 e. The van der Waals surface area contributed by atoms with Crippen molar-refractivity contribution in [2.75, 3.05) is 5.32 Å². The molecule has 1 saturated carbocycles. The summed E-state index contributed by atoms with van der Waals surface area (Å²) < 4.78 is 0. The molecule has 1 fully saturated rings. The van der Waals surface area contributed by atoms with Crippen LogP contribution in [-0.2, 0) is 6.54 Å². The van der Waals surface area contributed by atoms with Crippen LogP contribution in [0.5, 0.6) is 0 Å². The molecule has 3 aromatic rings. The summed E-state index contributed by atoms with van der Waals surface area (Å²) in [5, 5.41) is 6.26. The third kappa shape index (κ3) is 3.35. The second-order valence-electron chi connectivity index (χ2n) is 6.04. The highest BCUT2D eigenvalue weighted by Crippen LogP contribution is 2.19. The Kier molecular flexibility index (Phi) is 3.83. The molecule has 5 nitrogen and oxygen atoms in total. The van der Waals surface area contributed by atoms with Crippen LogP contribution in [-0.4, -0.2) is 21.9 Å². The molecule has 24 heavy (non-hydrogen) atoms. The van der Waals surface area contributed by atoms with Crippen molar-refractivity contribution in [2.45, 2.75) is 25.4 Å². The first-order valence-electron chi connectivity index (χ1n) is 8.13. The molecule has 4 rings (SSSR count). The fourth-order valence-electron chi connectivity index (χ4n) is 2.51. The average Bonchev–Trinajstić information content (AvgIpc) is 3.44. The minimum absolute atomic E-state index is 0.0115. The molecule has 0 saturated heterocycles. The van der Waals surface area contributed by atoms with E-state index in [1.165, 1.54) is 0 Å². The second-order valence-corrected chi connectivity index (χ2v) is 6.04. The third-order valence-corrected chi connectivity index (χ3v) is 4.05. The van der Waals surface area contributed by atoms with Crippen LogP contribution in [0.4, 0.5) is 5.82 Å². The molecule has 1 aromatic heterocycles. The van der Waals surface area contributed by atoms with Crippen LogP contribution < -0.4 is 10.6 Å². The summed E-state index contributed by atoms with van der Waals surface area (Å²) in [6, 6.07) is 15.8. The van der Waals surface area contributed by atoms with Crippen LogP contribution in [0.25, 0.3) is 11.0 Å². The quantitative estimate of drug-likeness (QED) is 0.758. The van der Waals surface area contributed by atoms with Gasteiger partial charge in [0.2, 0.25) is 0 Å². The number of nitrogens with zero attached hydrogens (tertiary/aromatic N) is 2. The van der Waals surface area contributed by atoms with Crippen LogP contribution in [0, 0.1) is 0 Å². The van der Waals surface area contributed by atoms with E-state index in [4.69, 9.17) is 0 Å². The molecule has 2 N–H and O–H groups in total. The third-order valence-electron chi connectivity index (χ3n) is 4.05. The van der Waals surface area contributed by atoms with Gasteiger partial charge in [0.1, 0.15) is 5.82 Å². The molecular formula is C19H18N4O. The lowest BCUT2D eigenvalue weighted by Gasteiger charge is -2.08. The maximum Gasteiger partial charge on any atom is 0.251 e. The van der Waals surface area contributed by atoms with Crippen molar-refractivity contribution in [3.63, 3.8) is 0 Å². The van der Waals surface area contributed by atoms with E-state index in [0.29, 0.717) is 18.2 Å². The van der Waals surface area contributed by atoms with Gasteiger partial charge in [-0.1, -0.05) is 24.3 Å². The Balaban J connectivity index is 1.40. The maximum absolute atomic E-state index is 12.0. The molecule has 1 aliphatic carbocycles. The standard InChI is InChI=1S/C19H18N4O/c24-19(22-15-9-10-15)14-7-5-13(6-8-14)11-21-18-12-20-16-3-1-2-4-17(16)23-18/h1-8,12,15H,9-11H2,(H,21,23)(H,22,24). The Morgan fingerprint density at radius 3 is 2.54 bits per heavy atom. The van der Waals surface area contributed by atoms with Crippen molar-refractivity contribution in [1.29, 1.82) is 0 Å². The van der Waals surface area contributed by atoms with E-state index in [0.717, 1.165) is 35.3 Å². The van der Waals surface area contributed by atoms with Gasteiger partial charge >= 0.3 is 0 Å². The first-order valence-corrected chi connectivity index (χ1v) is 8.13. The number of para-hydroxylation sites is 2. The van der Waals surface area contributed by atoms with Crippen LogP contribution in [0.3, 0.4) is 0 Å². The number of rotatable bonds is 5. The molecule has 0 unspecified atom stereocenters. The fourth-order valence-corrected chi connectivity index (χ4v) is 2.51. The van der Waals surface area contributed by atoms with E-state index in [2.05, 4.69) is 20.6 Å². The number of aromatic nitrogens is 2. The zero-order valence-corrected chi connectivity index (χ0v) is 13.2. The van der Waals surface area contributed by atoms with Gasteiger partial charge in [0.15, 0.2) is 0 Å². The van der Waals surface area contributed by atoms with Crippen molar-refractivity contribution < 1.29 is 4.79 Å². The molecule has 120 valence electrons. The zero-order valence-electron chi connectivity index (χ0n) is 13.2. The number of nitrogens with one attached hydrogen (secondary N) is 2. The number of hydrogen-bond acceptors (Lipinski definition) is 4. The van der Waals surface area contributed by atoms with Crippen molar-refractivity contribution in [3.8, 4) is 0 Å². The molecule has 1 heterocycles. The van der Waals surface area contributed by atoms with E-state index in [1.54, 1.807) is 6.20 Å². The number of hydrogen-bond donors (Lipinski definition) is 2. The highest BCUT2D eigenvalue weighted by atomic mass is 16.1. The average molecular weight is 318 g/mol. The molecular weight excluding hydrogens is 300 g/mol. The Hall–Kier alpha value is -2.95. The van der Waals surface area contributed by atoms with E-state index >= 15 is 0 Å². The number of carbonyl (C=O) groups excluding carboxylic acids is 1. The fraction of sp³-hybridized carbons (Fsp3) is 0.211. The highest BCUT2D eigenvalue weighted by Gasteiger charge is 2.23. The first kappa shape index (κ1) is 14.6. The molecule has 0 bridgehead atoms. The zero-order chi connectivity index (χ0) is 16.4. The van der Waals surface area contributed by atoms with Crippen molar-refractivity contribution >= 4 is 22.8 Å². The lowest BCUT2D eigenvalue weighted by molar-refractivity contribution is 0.0951. The van der Waals surface area contributed by atoms with Crippen molar-refractivity contribution in [3.05, 3.63) is 65.9 Å². The Morgan fingerprint density at radius 2 is 1.79 bits per heavy atom. The van der Waals surface area contributed by atoms with Crippen LogP contribution in [0.2, 0.25) is 0 Å². The molecule has 0 atom stereocenters. The summed E-state index contributed by atoms with van der Waals surface area (Å²) in [5.41, 5.74) is 3.55. The summed E-state index contributed by atoms with van der Waals surface area (Å²) >= 11 is 0. The van der Waals surface area contributed by atoms with E-state index in [9.17, 15) is 4.79 Å². The summed E-state index contributed by atoms with van der Waals surface area (Å²) in [5.74, 6) is 0.752. The molecule has 0 aliphatic heterocycles. The first-order chi connectivity index (χ1) is 11.8. The minimum Gasteiger partial charge on any atom is -0.365 e. The summed E-state index contributed by atoms with van der Waals surface area (Å²) in [6.45, 7) is 0.636. The van der Waals surface area contributed by atoms with E-state index in [-0.39, 0.29) is 5.91 Å². The number of carbonyl (C=O) groups is 1. The molecule has 2 aromatic carbocycles. The number of benzene rings is 2. The highest BCUT2D eigenvalue weighted by molar-refractivity contribution is 5.94. The molecule has 1 aliphatic rings. The Bertz CT molecular complexity index is 872. The predicted octanol–water partition coefficient (Wildman–Crippen LogP) is 3.13. The van der Waals surface area contributed by atoms with Crippen molar-refractivity contribution in [2.24, 2.45) is 0 Å². The van der Waals surface area contributed by atoms with Gasteiger partial charge in [-0.2, -0.15) is 0 Å². The van der Waals surface area contributed by atoms with Crippen LogP contribution >= 0.6 is 0 Å². The van der Waals surface area contributed by atoms with Gasteiger partial charge in [-0.15, -0.1) is 0 Å². The van der Waals surface area contributed by atoms with Crippen LogP contribution in [0.1, 0.15) is 28.8 Å². The monoisotopic (exact) mass is 318 g/mol. The molecule has 0 radical (unpaired) electrons. The van der Waals surface area contributed by atoms with E-state index < -0.39 is 0 Å². The largest absolute Gasteiger partial charge is 0.365 e.